The Hall–Kier alpha value is -1.35. The van der Waals surface area contributed by atoms with Gasteiger partial charge >= 0.3 is 5.97 Å². The molecule has 0 aliphatic heterocycles. The van der Waals surface area contributed by atoms with Crippen LogP contribution in [0, 0.1) is 6.92 Å². The summed E-state index contributed by atoms with van der Waals surface area (Å²) in [5.41, 5.74) is 1.67. The van der Waals surface area contributed by atoms with Gasteiger partial charge in [-0.25, -0.2) is 0 Å². The van der Waals surface area contributed by atoms with Gasteiger partial charge in [0, 0.05) is 0 Å². The molecule has 0 radical (unpaired) electrons. The Morgan fingerprint density at radius 1 is 1.40 bits per heavy atom. The van der Waals surface area contributed by atoms with Crippen molar-refractivity contribution in [2.24, 2.45) is 0 Å². The predicted octanol–water partition coefficient (Wildman–Crippen LogP) is 1.90. The van der Waals surface area contributed by atoms with Gasteiger partial charge < -0.3 is 10.4 Å². The Bertz CT molecular complexity index is 345. The van der Waals surface area contributed by atoms with E-state index in [1.54, 1.807) is 7.05 Å². The first kappa shape index (κ1) is 11.7. The Kier molecular flexibility index (Phi) is 3.48. The number of carboxylic acids is 1. The van der Waals surface area contributed by atoms with Crippen LogP contribution in [-0.2, 0) is 10.3 Å². The lowest BCUT2D eigenvalue weighted by Gasteiger charge is -2.28. The molecule has 3 heteroatoms. The van der Waals surface area contributed by atoms with Gasteiger partial charge in [0.1, 0.15) is 0 Å². The van der Waals surface area contributed by atoms with Crippen LogP contribution in [0.1, 0.15) is 24.5 Å². The van der Waals surface area contributed by atoms with Crippen molar-refractivity contribution in [1.82, 2.24) is 5.32 Å². The molecule has 0 amide bonds. The Morgan fingerprint density at radius 2 is 1.93 bits per heavy atom. The molecular formula is C12H17NO2. The van der Waals surface area contributed by atoms with Crippen molar-refractivity contribution in [2.75, 3.05) is 7.05 Å². The maximum absolute atomic E-state index is 10.8. The van der Waals surface area contributed by atoms with E-state index in [0.717, 1.165) is 5.56 Å². The van der Waals surface area contributed by atoms with E-state index in [4.69, 9.17) is 5.11 Å². The van der Waals surface area contributed by atoms with Crippen molar-refractivity contribution in [3.05, 3.63) is 35.4 Å². The molecule has 0 aromatic heterocycles. The summed E-state index contributed by atoms with van der Waals surface area (Å²) in [4.78, 5) is 10.8. The first-order valence-electron chi connectivity index (χ1n) is 4.96. The van der Waals surface area contributed by atoms with Gasteiger partial charge in [0.2, 0.25) is 0 Å². The van der Waals surface area contributed by atoms with Gasteiger partial charge in [0.15, 0.2) is 0 Å². The van der Waals surface area contributed by atoms with Crippen LogP contribution in [0.15, 0.2) is 24.3 Å². The molecular weight excluding hydrogens is 190 g/mol. The van der Waals surface area contributed by atoms with Crippen molar-refractivity contribution >= 4 is 5.97 Å². The summed E-state index contributed by atoms with van der Waals surface area (Å²) in [5, 5.41) is 11.9. The minimum atomic E-state index is -0.799. The third kappa shape index (κ3) is 2.80. The molecule has 0 fully saturated rings. The summed E-state index contributed by atoms with van der Waals surface area (Å²) >= 11 is 0. The summed E-state index contributed by atoms with van der Waals surface area (Å²) < 4.78 is 0. The van der Waals surface area contributed by atoms with E-state index >= 15 is 0 Å². The number of hydrogen-bond donors (Lipinski definition) is 2. The van der Waals surface area contributed by atoms with Gasteiger partial charge in [-0.2, -0.15) is 0 Å². The average molecular weight is 207 g/mol. The molecule has 0 aliphatic carbocycles. The molecule has 0 heterocycles. The maximum atomic E-state index is 10.8. The van der Waals surface area contributed by atoms with E-state index < -0.39 is 11.5 Å². The smallest absolute Gasteiger partial charge is 0.305 e. The molecule has 1 aromatic rings. The first-order valence-corrected chi connectivity index (χ1v) is 4.96. The van der Waals surface area contributed by atoms with Gasteiger partial charge in [0.25, 0.3) is 0 Å². The zero-order valence-corrected chi connectivity index (χ0v) is 9.37. The molecule has 1 atom stereocenters. The number of rotatable bonds is 4. The number of carboxylic acid groups (broad SMARTS) is 1. The number of hydrogen-bond acceptors (Lipinski definition) is 2. The molecule has 82 valence electrons. The van der Waals surface area contributed by atoms with E-state index in [1.165, 1.54) is 5.56 Å². The van der Waals surface area contributed by atoms with Crippen LogP contribution < -0.4 is 5.32 Å². The van der Waals surface area contributed by atoms with Gasteiger partial charge in [0.05, 0.1) is 12.0 Å². The van der Waals surface area contributed by atoms with Crippen molar-refractivity contribution in [1.29, 1.82) is 0 Å². The van der Waals surface area contributed by atoms with Crippen molar-refractivity contribution < 1.29 is 9.90 Å². The maximum Gasteiger partial charge on any atom is 0.305 e. The molecule has 1 aromatic carbocycles. The summed E-state index contributed by atoms with van der Waals surface area (Å²) in [6.07, 6.45) is 0.0760. The van der Waals surface area contributed by atoms with Gasteiger partial charge in [-0.05, 0) is 26.5 Å². The molecule has 1 unspecified atom stereocenters. The normalized spacial score (nSPS) is 14.6. The van der Waals surface area contributed by atoms with Gasteiger partial charge in [-0.3, -0.25) is 4.79 Å². The summed E-state index contributed by atoms with van der Waals surface area (Å²) in [7, 11) is 1.78. The van der Waals surface area contributed by atoms with Crippen molar-refractivity contribution in [3.8, 4) is 0 Å². The van der Waals surface area contributed by atoms with Crippen LogP contribution in [0.5, 0.6) is 0 Å². The van der Waals surface area contributed by atoms with Crippen LogP contribution >= 0.6 is 0 Å². The highest BCUT2D eigenvalue weighted by Gasteiger charge is 2.27. The quantitative estimate of drug-likeness (QED) is 0.792. The molecule has 0 bridgehead atoms. The molecule has 3 nitrogen and oxygen atoms in total. The van der Waals surface area contributed by atoms with E-state index in [2.05, 4.69) is 5.32 Å². The predicted molar refractivity (Wildman–Crippen MR) is 59.8 cm³/mol. The lowest BCUT2D eigenvalue weighted by atomic mass is 9.88. The standard InChI is InChI=1S/C12H17NO2/c1-9-4-6-10(7-5-9)12(2,13-3)8-11(14)15/h4-7,13H,8H2,1-3H3,(H,14,15). The molecule has 15 heavy (non-hydrogen) atoms. The fraction of sp³-hybridized carbons (Fsp3) is 0.417. The van der Waals surface area contributed by atoms with Crippen LogP contribution in [-0.4, -0.2) is 18.1 Å². The summed E-state index contributed by atoms with van der Waals surface area (Å²) in [6, 6.07) is 7.92. The van der Waals surface area contributed by atoms with Crippen LogP contribution in [0.4, 0.5) is 0 Å². The van der Waals surface area contributed by atoms with Crippen LogP contribution in [0.3, 0.4) is 0 Å². The highest BCUT2D eigenvalue weighted by Crippen LogP contribution is 2.24. The topological polar surface area (TPSA) is 49.3 Å². The minimum absolute atomic E-state index is 0.0760. The SMILES string of the molecule is CNC(C)(CC(=O)O)c1ccc(C)cc1. The van der Waals surface area contributed by atoms with Crippen molar-refractivity contribution in [3.63, 3.8) is 0 Å². The third-order valence-electron chi connectivity index (χ3n) is 2.75. The second-order valence-electron chi connectivity index (χ2n) is 4.02. The Balaban J connectivity index is 3.00. The second kappa shape index (κ2) is 4.45. The monoisotopic (exact) mass is 207 g/mol. The van der Waals surface area contributed by atoms with Crippen LogP contribution in [0.2, 0.25) is 0 Å². The summed E-state index contributed by atoms with van der Waals surface area (Å²) in [5.74, 6) is -0.799. The highest BCUT2D eigenvalue weighted by atomic mass is 16.4. The molecule has 0 saturated heterocycles. The molecule has 0 saturated carbocycles. The van der Waals surface area contributed by atoms with E-state index in [1.807, 2.05) is 38.1 Å². The number of benzene rings is 1. The Labute approximate surface area is 90.1 Å². The first-order chi connectivity index (χ1) is 6.98. The lowest BCUT2D eigenvalue weighted by molar-refractivity contribution is -0.138. The van der Waals surface area contributed by atoms with E-state index in [-0.39, 0.29) is 6.42 Å². The molecule has 2 N–H and O–H groups in total. The minimum Gasteiger partial charge on any atom is -0.481 e. The van der Waals surface area contributed by atoms with Crippen LogP contribution in [0.25, 0.3) is 0 Å². The molecule has 0 spiro atoms. The lowest BCUT2D eigenvalue weighted by Crippen LogP contribution is -2.38. The number of nitrogens with one attached hydrogen (secondary N) is 1. The molecule has 1 rings (SSSR count). The fourth-order valence-corrected chi connectivity index (χ4v) is 1.56. The fourth-order valence-electron chi connectivity index (χ4n) is 1.56. The largest absolute Gasteiger partial charge is 0.481 e. The third-order valence-corrected chi connectivity index (χ3v) is 2.75. The number of carbonyl (C=O) groups is 1. The Morgan fingerprint density at radius 3 is 2.33 bits per heavy atom. The second-order valence-corrected chi connectivity index (χ2v) is 4.02. The zero-order chi connectivity index (χ0) is 11.5. The van der Waals surface area contributed by atoms with Crippen molar-refractivity contribution in [2.45, 2.75) is 25.8 Å². The zero-order valence-electron chi connectivity index (χ0n) is 9.37. The summed E-state index contributed by atoms with van der Waals surface area (Å²) in [6.45, 7) is 3.91. The molecule has 0 aliphatic rings. The van der Waals surface area contributed by atoms with Gasteiger partial charge in [-0.1, -0.05) is 29.8 Å². The van der Waals surface area contributed by atoms with E-state index in [0.29, 0.717) is 0 Å². The number of aryl methyl sites for hydroxylation is 1. The van der Waals surface area contributed by atoms with E-state index in [9.17, 15) is 4.79 Å². The van der Waals surface area contributed by atoms with Gasteiger partial charge in [-0.15, -0.1) is 0 Å². The number of aliphatic carboxylic acids is 1. The average Bonchev–Trinajstić information content (AvgIpc) is 2.17. The highest BCUT2D eigenvalue weighted by molar-refractivity contribution is 5.68.